The van der Waals surface area contributed by atoms with Crippen molar-refractivity contribution in [3.05, 3.63) is 20.3 Å². The van der Waals surface area contributed by atoms with Gasteiger partial charge in [0.15, 0.2) is 0 Å². The third-order valence-electron chi connectivity index (χ3n) is 2.69. The van der Waals surface area contributed by atoms with Gasteiger partial charge in [0.25, 0.3) is 5.91 Å². The second-order valence-electron chi connectivity index (χ2n) is 4.41. The van der Waals surface area contributed by atoms with E-state index < -0.39 is 11.5 Å². The number of hydrogen-bond acceptors (Lipinski definition) is 3. The van der Waals surface area contributed by atoms with Crippen molar-refractivity contribution in [1.29, 1.82) is 0 Å². The summed E-state index contributed by atoms with van der Waals surface area (Å²) in [6.45, 7) is 5.31. The predicted octanol–water partition coefficient (Wildman–Crippen LogP) is 3.19. The molecule has 1 unspecified atom stereocenters. The molecule has 0 aliphatic heterocycles. The van der Waals surface area contributed by atoms with Crippen LogP contribution >= 0.6 is 27.3 Å². The Hall–Kier alpha value is -0.880. The lowest BCUT2D eigenvalue weighted by atomic mass is 9.96. The first-order chi connectivity index (χ1) is 8.30. The molecule has 1 heterocycles. The normalized spacial score (nSPS) is 14.0. The van der Waals surface area contributed by atoms with Crippen LogP contribution in [0.2, 0.25) is 0 Å². The van der Waals surface area contributed by atoms with Crippen LogP contribution in [0.4, 0.5) is 0 Å². The molecule has 0 radical (unpaired) electrons. The average molecular weight is 334 g/mol. The molecule has 1 amide bonds. The molecule has 1 atom stereocenters. The maximum Gasteiger partial charge on any atom is 0.329 e. The molecule has 0 aromatic carbocycles. The van der Waals surface area contributed by atoms with E-state index in [2.05, 4.69) is 21.2 Å². The van der Waals surface area contributed by atoms with Crippen LogP contribution in [0.25, 0.3) is 0 Å². The molecule has 1 aromatic rings. The number of carboxylic acid groups (broad SMARTS) is 1. The van der Waals surface area contributed by atoms with Gasteiger partial charge in [0.1, 0.15) is 5.54 Å². The van der Waals surface area contributed by atoms with E-state index in [4.69, 9.17) is 0 Å². The zero-order valence-electron chi connectivity index (χ0n) is 10.5. The lowest BCUT2D eigenvalue weighted by Crippen LogP contribution is -2.51. The quantitative estimate of drug-likeness (QED) is 0.869. The Morgan fingerprint density at radius 2 is 2.17 bits per heavy atom. The molecule has 0 bridgehead atoms. The van der Waals surface area contributed by atoms with Gasteiger partial charge in [-0.1, -0.05) is 13.3 Å². The molecule has 18 heavy (non-hydrogen) atoms. The third kappa shape index (κ3) is 3.32. The maximum absolute atomic E-state index is 12.0. The highest BCUT2D eigenvalue weighted by molar-refractivity contribution is 9.11. The number of hydrogen-bond donors (Lipinski definition) is 2. The van der Waals surface area contributed by atoms with E-state index in [-0.39, 0.29) is 5.91 Å². The number of carboxylic acids is 1. The van der Waals surface area contributed by atoms with Gasteiger partial charge in [-0.15, -0.1) is 11.3 Å². The Kier molecular flexibility index (Phi) is 4.92. The van der Waals surface area contributed by atoms with Gasteiger partial charge < -0.3 is 10.4 Å². The van der Waals surface area contributed by atoms with Gasteiger partial charge in [0.05, 0.1) is 8.66 Å². The molecular weight excluding hydrogens is 318 g/mol. The second-order valence-corrected chi connectivity index (χ2v) is 6.78. The van der Waals surface area contributed by atoms with Crippen LogP contribution in [0.1, 0.15) is 41.9 Å². The molecule has 2 N–H and O–H groups in total. The summed E-state index contributed by atoms with van der Waals surface area (Å²) in [6, 6.07) is 1.75. The minimum absolute atomic E-state index is 0.341. The number of amides is 1. The van der Waals surface area contributed by atoms with Gasteiger partial charge in [-0.05, 0) is 47.8 Å². The summed E-state index contributed by atoms with van der Waals surface area (Å²) < 4.78 is 0.889. The monoisotopic (exact) mass is 333 g/mol. The number of aliphatic carboxylic acids is 1. The molecule has 0 aliphatic rings. The summed E-state index contributed by atoms with van der Waals surface area (Å²) in [6.07, 6.45) is 1.09. The number of thiophene rings is 1. The molecular formula is C12H16BrNO3S. The molecule has 100 valence electrons. The Morgan fingerprint density at radius 3 is 2.56 bits per heavy atom. The lowest BCUT2D eigenvalue weighted by Gasteiger charge is -2.25. The van der Waals surface area contributed by atoms with Crippen molar-refractivity contribution in [3.8, 4) is 0 Å². The number of carbonyl (C=O) groups is 2. The van der Waals surface area contributed by atoms with Crippen molar-refractivity contribution in [2.45, 2.75) is 39.2 Å². The number of carbonyl (C=O) groups excluding carboxylic acids is 1. The highest BCUT2D eigenvalue weighted by Gasteiger charge is 2.34. The molecule has 4 nitrogen and oxygen atoms in total. The van der Waals surface area contributed by atoms with E-state index in [0.29, 0.717) is 17.7 Å². The lowest BCUT2D eigenvalue weighted by molar-refractivity contribution is -0.144. The number of nitrogens with one attached hydrogen (secondary N) is 1. The van der Waals surface area contributed by atoms with Crippen LogP contribution in [-0.4, -0.2) is 22.5 Å². The van der Waals surface area contributed by atoms with Gasteiger partial charge in [-0.3, -0.25) is 4.79 Å². The van der Waals surface area contributed by atoms with Crippen molar-refractivity contribution in [1.82, 2.24) is 5.32 Å². The molecule has 0 spiro atoms. The van der Waals surface area contributed by atoms with E-state index in [0.717, 1.165) is 9.35 Å². The summed E-state index contributed by atoms with van der Waals surface area (Å²) in [4.78, 5) is 23.8. The van der Waals surface area contributed by atoms with E-state index in [9.17, 15) is 14.7 Å². The first-order valence-electron chi connectivity index (χ1n) is 5.62. The van der Waals surface area contributed by atoms with E-state index in [1.54, 1.807) is 6.07 Å². The number of halogens is 1. The fraction of sp³-hybridized carbons (Fsp3) is 0.500. The van der Waals surface area contributed by atoms with Crippen LogP contribution in [0.3, 0.4) is 0 Å². The first kappa shape index (κ1) is 15.2. The topological polar surface area (TPSA) is 66.4 Å². The smallest absolute Gasteiger partial charge is 0.329 e. The van der Waals surface area contributed by atoms with E-state index in [1.807, 2.05) is 13.8 Å². The Morgan fingerprint density at radius 1 is 1.56 bits per heavy atom. The molecule has 1 aromatic heterocycles. The summed E-state index contributed by atoms with van der Waals surface area (Å²) in [5.74, 6) is -1.35. The van der Waals surface area contributed by atoms with Gasteiger partial charge >= 0.3 is 5.97 Å². The van der Waals surface area contributed by atoms with E-state index in [1.165, 1.54) is 18.3 Å². The molecule has 1 rings (SSSR count). The van der Waals surface area contributed by atoms with Crippen LogP contribution < -0.4 is 5.32 Å². The maximum atomic E-state index is 12.0. The summed E-state index contributed by atoms with van der Waals surface area (Å²) in [5.41, 5.74) is -0.242. The fourth-order valence-corrected chi connectivity index (χ4v) is 3.04. The Balaban J connectivity index is 2.88. The summed E-state index contributed by atoms with van der Waals surface area (Å²) in [7, 11) is 0. The van der Waals surface area contributed by atoms with Crippen molar-refractivity contribution in [2.75, 3.05) is 0 Å². The highest BCUT2D eigenvalue weighted by atomic mass is 79.9. The van der Waals surface area contributed by atoms with Crippen LogP contribution in [0, 0.1) is 6.92 Å². The minimum atomic E-state index is -1.21. The van der Waals surface area contributed by atoms with Crippen molar-refractivity contribution in [2.24, 2.45) is 0 Å². The number of rotatable bonds is 5. The van der Waals surface area contributed by atoms with E-state index >= 15 is 0 Å². The second kappa shape index (κ2) is 5.84. The zero-order valence-corrected chi connectivity index (χ0v) is 12.9. The molecule has 0 aliphatic carbocycles. The average Bonchev–Trinajstić information content (AvgIpc) is 2.59. The van der Waals surface area contributed by atoms with Gasteiger partial charge in [0, 0.05) is 0 Å². The fourth-order valence-electron chi connectivity index (χ4n) is 1.61. The first-order valence-corrected chi connectivity index (χ1v) is 7.23. The molecule has 0 saturated heterocycles. The highest BCUT2D eigenvalue weighted by Crippen LogP contribution is 2.27. The van der Waals surface area contributed by atoms with Crippen LogP contribution in [-0.2, 0) is 4.79 Å². The van der Waals surface area contributed by atoms with Crippen molar-refractivity contribution < 1.29 is 14.7 Å². The number of aryl methyl sites for hydroxylation is 1. The standard InChI is InChI=1S/C12H16BrNO3S/c1-4-5-12(3,11(16)17)14-10(15)8-6-7(2)9(13)18-8/h6H,4-5H2,1-3H3,(H,14,15)(H,16,17). The minimum Gasteiger partial charge on any atom is -0.480 e. The molecule has 0 saturated carbocycles. The zero-order chi connectivity index (χ0) is 13.9. The van der Waals surface area contributed by atoms with Crippen LogP contribution in [0.5, 0.6) is 0 Å². The van der Waals surface area contributed by atoms with Crippen molar-refractivity contribution in [3.63, 3.8) is 0 Å². The predicted molar refractivity (Wildman–Crippen MR) is 75.2 cm³/mol. The largest absolute Gasteiger partial charge is 0.480 e. The summed E-state index contributed by atoms with van der Waals surface area (Å²) in [5, 5.41) is 11.8. The molecule has 0 fully saturated rings. The van der Waals surface area contributed by atoms with Gasteiger partial charge in [-0.25, -0.2) is 4.79 Å². The van der Waals surface area contributed by atoms with Crippen molar-refractivity contribution >= 4 is 39.1 Å². The summed E-state index contributed by atoms with van der Waals surface area (Å²) >= 11 is 4.65. The van der Waals surface area contributed by atoms with Gasteiger partial charge in [0.2, 0.25) is 0 Å². The SMILES string of the molecule is CCCC(C)(NC(=O)c1cc(C)c(Br)s1)C(=O)O. The Labute approximate surface area is 119 Å². The van der Waals surface area contributed by atoms with Gasteiger partial charge in [-0.2, -0.15) is 0 Å². The van der Waals surface area contributed by atoms with Crippen LogP contribution in [0.15, 0.2) is 9.85 Å². The third-order valence-corrected chi connectivity index (χ3v) is 4.83. The molecule has 6 heteroatoms. The Bertz CT molecular complexity index is 452.